The van der Waals surface area contributed by atoms with E-state index in [1.54, 1.807) is 18.2 Å². The van der Waals surface area contributed by atoms with E-state index < -0.39 is 5.97 Å². The largest absolute Gasteiger partial charge is 0.465 e. The minimum atomic E-state index is -0.392. The third kappa shape index (κ3) is 3.87. The summed E-state index contributed by atoms with van der Waals surface area (Å²) in [6, 6.07) is 5.16. The van der Waals surface area contributed by atoms with E-state index in [2.05, 4.69) is 5.32 Å². The highest BCUT2D eigenvalue weighted by Gasteiger charge is 2.15. The lowest BCUT2D eigenvalue weighted by atomic mass is 10.1. The molecule has 1 aliphatic carbocycles. The minimum absolute atomic E-state index is 0.392. The Kier molecular flexibility index (Phi) is 5.24. The average Bonchev–Trinajstić information content (AvgIpc) is 2.97. The van der Waals surface area contributed by atoms with Crippen LogP contribution in [0.3, 0.4) is 0 Å². The van der Waals surface area contributed by atoms with Crippen molar-refractivity contribution in [2.45, 2.75) is 31.8 Å². The number of rotatable bonds is 6. The van der Waals surface area contributed by atoms with Crippen LogP contribution in [0.4, 0.5) is 11.4 Å². The highest BCUT2D eigenvalue weighted by atomic mass is 16.5. The Hall–Kier alpha value is -1.75. The van der Waals surface area contributed by atoms with E-state index in [9.17, 15) is 4.79 Å². The molecular formula is C15H22N2O3. The molecule has 0 radical (unpaired) electrons. The molecule has 0 aromatic heterocycles. The van der Waals surface area contributed by atoms with Crippen LogP contribution < -0.4 is 11.1 Å². The van der Waals surface area contributed by atoms with E-state index in [-0.39, 0.29) is 0 Å². The number of carbonyl (C=O) groups excluding carboxylic acids is 1. The molecule has 5 heteroatoms. The van der Waals surface area contributed by atoms with Crippen LogP contribution in [0.5, 0.6) is 0 Å². The van der Waals surface area contributed by atoms with Crippen LogP contribution in [-0.4, -0.2) is 32.3 Å². The molecule has 110 valence electrons. The summed E-state index contributed by atoms with van der Waals surface area (Å²) in [5.74, 6) is -0.392. The first-order chi connectivity index (χ1) is 9.70. The number of nitrogens with two attached hydrogens (primary N) is 1. The topological polar surface area (TPSA) is 73.6 Å². The lowest BCUT2D eigenvalue weighted by Crippen LogP contribution is -2.17. The van der Waals surface area contributed by atoms with Crippen molar-refractivity contribution in [3.63, 3.8) is 0 Å². The lowest BCUT2D eigenvalue weighted by molar-refractivity contribution is 0.0599. The van der Waals surface area contributed by atoms with Gasteiger partial charge in [0.05, 0.1) is 25.4 Å². The summed E-state index contributed by atoms with van der Waals surface area (Å²) in [4.78, 5) is 11.7. The summed E-state index contributed by atoms with van der Waals surface area (Å²) in [5.41, 5.74) is 7.41. The van der Waals surface area contributed by atoms with Gasteiger partial charge in [-0.05, 0) is 31.0 Å². The molecule has 1 aromatic carbocycles. The number of carbonyl (C=O) groups is 1. The average molecular weight is 278 g/mol. The third-order valence-electron chi connectivity index (χ3n) is 3.52. The van der Waals surface area contributed by atoms with Crippen LogP contribution in [0.2, 0.25) is 0 Å². The van der Waals surface area contributed by atoms with E-state index in [0.717, 1.165) is 18.5 Å². The zero-order valence-electron chi connectivity index (χ0n) is 11.9. The summed E-state index contributed by atoms with van der Waals surface area (Å²) in [5, 5.41) is 3.20. The monoisotopic (exact) mass is 278 g/mol. The van der Waals surface area contributed by atoms with Gasteiger partial charge in [0.1, 0.15) is 0 Å². The van der Waals surface area contributed by atoms with E-state index in [4.69, 9.17) is 15.2 Å². The maximum Gasteiger partial charge on any atom is 0.340 e. The van der Waals surface area contributed by atoms with Crippen molar-refractivity contribution in [1.29, 1.82) is 0 Å². The standard InChI is InChI=1S/C15H22N2O3/c1-19-15(18)13-10-11(16)6-7-14(13)17-8-9-20-12-4-2-3-5-12/h6-7,10,12,17H,2-5,8-9,16H2,1H3. The Labute approximate surface area is 119 Å². The predicted molar refractivity (Wildman–Crippen MR) is 78.9 cm³/mol. The van der Waals surface area contributed by atoms with Crippen molar-refractivity contribution in [2.24, 2.45) is 0 Å². The number of methoxy groups -OCH3 is 1. The molecule has 5 nitrogen and oxygen atoms in total. The molecule has 0 amide bonds. The molecule has 0 atom stereocenters. The molecule has 2 rings (SSSR count). The molecule has 3 N–H and O–H groups in total. The molecule has 1 aliphatic rings. The SMILES string of the molecule is COC(=O)c1cc(N)ccc1NCCOC1CCCC1. The number of anilines is 2. The molecule has 20 heavy (non-hydrogen) atoms. The van der Waals surface area contributed by atoms with Gasteiger partial charge in [-0.3, -0.25) is 0 Å². The second-order valence-electron chi connectivity index (χ2n) is 5.00. The fourth-order valence-corrected chi connectivity index (χ4v) is 2.46. The quantitative estimate of drug-likeness (QED) is 0.475. The van der Waals surface area contributed by atoms with Crippen LogP contribution in [-0.2, 0) is 9.47 Å². The van der Waals surface area contributed by atoms with E-state index >= 15 is 0 Å². The Morgan fingerprint density at radius 1 is 1.40 bits per heavy atom. The molecule has 0 spiro atoms. The van der Waals surface area contributed by atoms with Gasteiger partial charge in [-0.15, -0.1) is 0 Å². The fourth-order valence-electron chi connectivity index (χ4n) is 2.46. The highest BCUT2D eigenvalue weighted by Crippen LogP contribution is 2.21. The molecule has 0 aliphatic heterocycles. The molecule has 0 unspecified atom stereocenters. The first kappa shape index (κ1) is 14.7. The predicted octanol–water partition coefficient (Wildman–Crippen LogP) is 2.43. The molecular weight excluding hydrogens is 256 g/mol. The van der Waals surface area contributed by atoms with Gasteiger partial charge in [-0.1, -0.05) is 12.8 Å². The second kappa shape index (κ2) is 7.14. The van der Waals surface area contributed by atoms with Gasteiger partial charge < -0.3 is 20.5 Å². The molecule has 0 saturated heterocycles. The molecule has 1 fully saturated rings. The lowest BCUT2D eigenvalue weighted by Gasteiger charge is -2.14. The van der Waals surface area contributed by atoms with Crippen LogP contribution in [0.25, 0.3) is 0 Å². The van der Waals surface area contributed by atoms with Gasteiger partial charge in [0, 0.05) is 17.9 Å². The normalized spacial score (nSPS) is 15.2. The van der Waals surface area contributed by atoms with Crippen molar-refractivity contribution in [3.05, 3.63) is 23.8 Å². The van der Waals surface area contributed by atoms with E-state index in [1.165, 1.54) is 20.0 Å². The van der Waals surface area contributed by atoms with Crippen molar-refractivity contribution < 1.29 is 14.3 Å². The van der Waals surface area contributed by atoms with Gasteiger partial charge >= 0.3 is 5.97 Å². The van der Waals surface area contributed by atoms with Gasteiger partial charge in [-0.25, -0.2) is 4.79 Å². The first-order valence-corrected chi connectivity index (χ1v) is 7.04. The maximum absolute atomic E-state index is 11.7. The molecule has 1 aromatic rings. The second-order valence-corrected chi connectivity index (χ2v) is 5.00. The van der Waals surface area contributed by atoms with Crippen molar-refractivity contribution >= 4 is 17.3 Å². The zero-order valence-corrected chi connectivity index (χ0v) is 11.9. The van der Waals surface area contributed by atoms with E-state index in [1.807, 2.05) is 0 Å². The Morgan fingerprint density at radius 3 is 2.85 bits per heavy atom. The smallest absolute Gasteiger partial charge is 0.340 e. The fraction of sp³-hybridized carbons (Fsp3) is 0.533. The van der Waals surface area contributed by atoms with Crippen molar-refractivity contribution in [2.75, 3.05) is 31.3 Å². The number of nitrogen functional groups attached to an aromatic ring is 1. The summed E-state index contributed by atoms with van der Waals surface area (Å²) in [6.07, 6.45) is 5.26. The Balaban J connectivity index is 1.86. The summed E-state index contributed by atoms with van der Waals surface area (Å²) < 4.78 is 10.5. The number of esters is 1. The van der Waals surface area contributed by atoms with Crippen LogP contribution in [0.1, 0.15) is 36.0 Å². The first-order valence-electron chi connectivity index (χ1n) is 7.04. The van der Waals surface area contributed by atoms with E-state index in [0.29, 0.717) is 30.5 Å². The summed E-state index contributed by atoms with van der Waals surface area (Å²) in [7, 11) is 1.36. The summed E-state index contributed by atoms with van der Waals surface area (Å²) in [6.45, 7) is 1.29. The van der Waals surface area contributed by atoms with Crippen LogP contribution in [0.15, 0.2) is 18.2 Å². The number of benzene rings is 1. The number of ether oxygens (including phenoxy) is 2. The third-order valence-corrected chi connectivity index (χ3v) is 3.52. The molecule has 0 heterocycles. The van der Waals surface area contributed by atoms with Gasteiger partial charge in [0.2, 0.25) is 0 Å². The minimum Gasteiger partial charge on any atom is -0.465 e. The van der Waals surface area contributed by atoms with Crippen molar-refractivity contribution in [1.82, 2.24) is 0 Å². The van der Waals surface area contributed by atoms with Gasteiger partial charge in [0.25, 0.3) is 0 Å². The molecule has 1 saturated carbocycles. The van der Waals surface area contributed by atoms with Gasteiger partial charge in [0.15, 0.2) is 0 Å². The Morgan fingerprint density at radius 2 is 2.15 bits per heavy atom. The molecule has 0 bridgehead atoms. The Bertz CT molecular complexity index is 456. The van der Waals surface area contributed by atoms with Gasteiger partial charge in [-0.2, -0.15) is 0 Å². The van der Waals surface area contributed by atoms with Crippen molar-refractivity contribution in [3.8, 4) is 0 Å². The number of nitrogens with one attached hydrogen (secondary N) is 1. The maximum atomic E-state index is 11.7. The number of hydrogen-bond acceptors (Lipinski definition) is 5. The van der Waals surface area contributed by atoms with Crippen LogP contribution >= 0.6 is 0 Å². The van der Waals surface area contributed by atoms with Crippen LogP contribution in [0, 0.1) is 0 Å². The zero-order chi connectivity index (χ0) is 14.4. The number of hydrogen-bond donors (Lipinski definition) is 2. The summed E-state index contributed by atoms with van der Waals surface area (Å²) >= 11 is 0. The highest BCUT2D eigenvalue weighted by molar-refractivity contribution is 5.96.